The summed E-state index contributed by atoms with van der Waals surface area (Å²) >= 11 is 3.38. The first-order valence-electron chi connectivity index (χ1n) is 6.21. The van der Waals surface area contributed by atoms with Crippen LogP contribution in [0, 0.1) is 5.92 Å². The van der Waals surface area contributed by atoms with Crippen molar-refractivity contribution in [3.05, 3.63) is 35.4 Å². The van der Waals surface area contributed by atoms with Crippen LogP contribution in [0.15, 0.2) is 24.3 Å². The molecule has 3 atom stereocenters. The van der Waals surface area contributed by atoms with Crippen LogP contribution < -0.4 is 5.32 Å². The van der Waals surface area contributed by atoms with Gasteiger partial charge in [-0.05, 0) is 17.0 Å². The summed E-state index contributed by atoms with van der Waals surface area (Å²) in [4.78, 5) is 11.8. The van der Waals surface area contributed by atoms with E-state index >= 15 is 0 Å². The van der Waals surface area contributed by atoms with Crippen LogP contribution in [0.25, 0.3) is 0 Å². The molecular formula is C14H18BrNO2. The van der Waals surface area contributed by atoms with Crippen molar-refractivity contribution in [2.24, 2.45) is 5.92 Å². The molecule has 0 saturated heterocycles. The molecule has 2 rings (SSSR count). The smallest absolute Gasteiger partial charge is 0.234 e. The van der Waals surface area contributed by atoms with Crippen molar-refractivity contribution in [2.75, 3.05) is 0 Å². The maximum Gasteiger partial charge on any atom is 0.234 e. The Bertz CT molecular complexity index is 447. The minimum absolute atomic E-state index is 0.0641. The van der Waals surface area contributed by atoms with Crippen LogP contribution in [-0.2, 0) is 11.2 Å². The third-order valence-corrected chi connectivity index (χ3v) is 4.81. The number of hydrogen-bond donors (Lipinski definition) is 2. The van der Waals surface area contributed by atoms with Crippen molar-refractivity contribution in [1.29, 1.82) is 0 Å². The van der Waals surface area contributed by atoms with Gasteiger partial charge in [-0.25, -0.2) is 0 Å². The van der Waals surface area contributed by atoms with Gasteiger partial charge in [-0.1, -0.05) is 54.0 Å². The summed E-state index contributed by atoms with van der Waals surface area (Å²) in [6.07, 6.45) is 0.0775. The van der Waals surface area contributed by atoms with Crippen molar-refractivity contribution in [3.63, 3.8) is 0 Å². The normalized spacial score (nSPS) is 23.8. The van der Waals surface area contributed by atoms with E-state index in [0.717, 1.165) is 11.1 Å². The molecule has 18 heavy (non-hydrogen) atoms. The quantitative estimate of drug-likeness (QED) is 0.841. The molecule has 1 aromatic carbocycles. The molecule has 0 radical (unpaired) electrons. The Balaban J connectivity index is 2.13. The molecule has 2 N–H and O–H groups in total. The largest absolute Gasteiger partial charge is 0.390 e. The number of carbonyl (C=O) groups excluding carboxylic acids is 1. The Morgan fingerprint density at radius 3 is 2.78 bits per heavy atom. The average molecular weight is 312 g/mol. The highest BCUT2D eigenvalue weighted by atomic mass is 79.9. The zero-order valence-electron chi connectivity index (χ0n) is 10.6. The first kappa shape index (κ1) is 13.6. The number of benzene rings is 1. The number of aliphatic hydroxyl groups is 1. The zero-order chi connectivity index (χ0) is 13.3. The highest BCUT2D eigenvalue weighted by Crippen LogP contribution is 2.31. The van der Waals surface area contributed by atoms with Gasteiger partial charge in [0.1, 0.15) is 0 Å². The van der Waals surface area contributed by atoms with Crippen molar-refractivity contribution in [1.82, 2.24) is 5.32 Å². The lowest BCUT2D eigenvalue weighted by molar-refractivity contribution is -0.122. The summed E-state index contributed by atoms with van der Waals surface area (Å²) in [5.41, 5.74) is 2.15. The Labute approximate surface area is 116 Å². The molecule has 0 heterocycles. The van der Waals surface area contributed by atoms with Gasteiger partial charge >= 0.3 is 0 Å². The number of fused-ring (bicyclic) bond motifs is 1. The van der Waals surface area contributed by atoms with Gasteiger partial charge in [0, 0.05) is 6.42 Å². The number of carbonyl (C=O) groups is 1. The van der Waals surface area contributed by atoms with Crippen molar-refractivity contribution in [2.45, 2.75) is 37.2 Å². The molecule has 1 aliphatic rings. The van der Waals surface area contributed by atoms with E-state index in [4.69, 9.17) is 0 Å². The molecule has 1 aromatic rings. The van der Waals surface area contributed by atoms with Gasteiger partial charge < -0.3 is 10.4 Å². The summed E-state index contributed by atoms with van der Waals surface area (Å²) in [7, 11) is 0. The third-order valence-electron chi connectivity index (χ3n) is 3.34. The van der Waals surface area contributed by atoms with Gasteiger partial charge in [-0.2, -0.15) is 0 Å². The summed E-state index contributed by atoms with van der Waals surface area (Å²) in [6.45, 7) is 3.97. The molecule has 0 bridgehead atoms. The molecule has 3 nitrogen and oxygen atoms in total. The topological polar surface area (TPSA) is 49.3 Å². The predicted octanol–water partition coefficient (Wildman–Crippen LogP) is 2.18. The van der Waals surface area contributed by atoms with Gasteiger partial charge in [0.15, 0.2) is 0 Å². The minimum Gasteiger partial charge on any atom is -0.390 e. The molecule has 1 amide bonds. The monoisotopic (exact) mass is 311 g/mol. The average Bonchev–Trinajstić information content (AvgIpc) is 2.65. The van der Waals surface area contributed by atoms with Crippen LogP contribution >= 0.6 is 15.9 Å². The number of nitrogens with one attached hydrogen (secondary N) is 1. The Hall–Kier alpha value is -0.870. The SMILES string of the molecule is CC(C)C(Br)C(=O)N[C@@H]1c2ccccc2C[C@@H]1O. The zero-order valence-corrected chi connectivity index (χ0v) is 12.1. The summed E-state index contributed by atoms with van der Waals surface area (Å²) in [5.74, 6) is 0.157. The number of halogens is 1. The maximum absolute atomic E-state index is 12.0. The fraction of sp³-hybridized carbons (Fsp3) is 0.500. The molecule has 0 aromatic heterocycles. The molecule has 1 aliphatic carbocycles. The Kier molecular flexibility index (Phi) is 4.07. The van der Waals surface area contributed by atoms with Gasteiger partial charge in [0.25, 0.3) is 0 Å². The lowest BCUT2D eigenvalue weighted by Gasteiger charge is -2.21. The van der Waals surface area contributed by atoms with Gasteiger partial charge in [-0.15, -0.1) is 0 Å². The molecule has 0 spiro atoms. The molecule has 0 aliphatic heterocycles. The van der Waals surface area contributed by atoms with Crippen molar-refractivity contribution in [3.8, 4) is 0 Å². The molecule has 0 fully saturated rings. The highest BCUT2D eigenvalue weighted by molar-refractivity contribution is 9.10. The highest BCUT2D eigenvalue weighted by Gasteiger charge is 2.33. The number of alkyl halides is 1. The van der Waals surface area contributed by atoms with Crippen LogP contribution in [0.2, 0.25) is 0 Å². The van der Waals surface area contributed by atoms with E-state index < -0.39 is 6.10 Å². The van der Waals surface area contributed by atoms with Crippen LogP contribution in [-0.4, -0.2) is 21.9 Å². The lowest BCUT2D eigenvalue weighted by Crippen LogP contribution is -2.39. The summed E-state index contributed by atoms with van der Waals surface area (Å²) in [5, 5.41) is 13.0. The molecular weight excluding hydrogens is 294 g/mol. The predicted molar refractivity (Wildman–Crippen MR) is 74.6 cm³/mol. The minimum atomic E-state index is -0.529. The second-order valence-corrected chi connectivity index (χ2v) is 6.09. The van der Waals surface area contributed by atoms with Gasteiger partial charge in [0.05, 0.1) is 17.0 Å². The maximum atomic E-state index is 12.0. The summed E-state index contributed by atoms with van der Waals surface area (Å²) < 4.78 is 0. The van der Waals surface area contributed by atoms with E-state index in [1.54, 1.807) is 0 Å². The summed E-state index contributed by atoms with van der Waals surface area (Å²) in [6, 6.07) is 7.57. The number of amides is 1. The van der Waals surface area contributed by atoms with E-state index in [9.17, 15) is 9.90 Å². The van der Waals surface area contributed by atoms with Crippen LogP contribution in [0.1, 0.15) is 31.0 Å². The number of hydrogen-bond acceptors (Lipinski definition) is 2. The second kappa shape index (κ2) is 5.41. The van der Waals surface area contributed by atoms with Crippen LogP contribution in [0.4, 0.5) is 0 Å². The first-order valence-corrected chi connectivity index (χ1v) is 7.12. The first-order chi connectivity index (χ1) is 8.50. The molecule has 4 heteroatoms. The third kappa shape index (κ3) is 2.59. The molecule has 98 valence electrons. The van der Waals surface area contributed by atoms with E-state index in [1.165, 1.54) is 0 Å². The molecule has 0 saturated carbocycles. The van der Waals surface area contributed by atoms with Crippen LogP contribution in [0.5, 0.6) is 0 Å². The fourth-order valence-corrected chi connectivity index (χ4v) is 2.42. The van der Waals surface area contributed by atoms with Crippen LogP contribution in [0.3, 0.4) is 0 Å². The second-order valence-electron chi connectivity index (χ2n) is 5.10. The Morgan fingerprint density at radius 2 is 2.11 bits per heavy atom. The van der Waals surface area contributed by atoms with E-state index in [2.05, 4.69) is 21.2 Å². The number of aliphatic hydroxyl groups excluding tert-OH is 1. The van der Waals surface area contributed by atoms with Crippen molar-refractivity contribution >= 4 is 21.8 Å². The Morgan fingerprint density at radius 1 is 1.44 bits per heavy atom. The van der Waals surface area contributed by atoms with E-state index in [1.807, 2.05) is 38.1 Å². The molecule has 1 unspecified atom stereocenters. The van der Waals surface area contributed by atoms with Gasteiger partial charge in [0.2, 0.25) is 5.91 Å². The lowest BCUT2D eigenvalue weighted by atomic mass is 10.1. The number of rotatable bonds is 3. The van der Waals surface area contributed by atoms with Crippen molar-refractivity contribution < 1.29 is 9.90 Å². The van der Waals surface area contributed by atoms with Gasteiger partial charge in [-0.3, -0.25) is 4.79 Å². The van der Waals surface area contributed by atoms with E-state index in [-0.39, 0.29) is 22.7 Å². The standard InChI is InChI=1S/C14H18BrNO2/c1-8(2)12(15)14(18)16-13-10-6-4-3-5-9(10)7-11(13)17/h3-6,8,11-13,17H,7H2,1-2H3,(H,16,18)/t11-,12?,13+/m0/s1. The van der Waals surface area contributed by atoms with E-state index in [0.29, 0.717) is 6.42 Å². The fourth-order valence-electron chi connectivity index (χ4n) is 2.28.